The van der Waals surface area contributed by atoms with Gasteiger partial charge in [-0.05, 0) is 30.5 Å². The van der Waals surface area contributed by atoms with Crippen molar-refractivity contribution in [1.29, 1.82) is 0 Å². The van der Waals surface area contributed by atoms with E-state index in [-0.39, 0.29) is 11.4 Å². The number of hydrogen-bond acceptors (Lipinski definition) is 4. The summed E-state index contributed by atoms with van der Waals surface area (Å²) in [6, 6.07) is 6.03. The van der Waals surface area contributed by atoms with Gasteiger partial charge in [0.2, 0.25) is 5.95 Å². The van der Waals surface area contributed by atoms with Gasteiger partial charge in [0.25, 0.3) is 5.56 Å². The van der Waals surface area contributed by atoms with Gasteiger partial charge in [0.05, 0.1) is 0 Å². The van der Waals surface area contributed by atoms with Gasteiger partial charge >= 0.3 is 0 Å². The highest BCUT2D eigenvalue weighted by Gasteiger charge is 2.16. The van der Waals surface area contributed by atoms with Crippen molar-refractivity contribution in [3.05, 3.63) is 51.7 Å². The van der Waals surface area contributed by atoms with Crippen LogP contribution in [-0.2, 0) is 6.42 Å². The van der Waals surface area contributed by atoms with Crippen molar-refractivity contribution in [2.75, 3.05) is 18.0 Å². The summed E-state index contributed by atoms with van der Waals surface area (Å²) in [7, 11) is 0. The predicted octanol–water partition coefficient (Wildman–Crippen LogP) is 1.49. The third-order valence-corrected chi connectivity index (χ3v) is 3.44. The normalized spacial score (nSPS) is 14.8. The van der Waals surface area contributed by atoms with Crippen LogP contribution in [0.15, 0.2) is 29.1 Å². The van der Waals surface area contributed by atoms with E-state index < -0.39 is 0 Å². The highest BCUT2D eigenvalue weighted by atomic mass is 19.1. The van der Waals surface area contributed by atoms with Crippen LogP contribution in [0.5, 0.6) is 0 Å². The van der Waals surface area contributed by atoms with E-state index in [1.54, 1.807) is 12.1 Å². The minimum atomic E-state index is -0.293. The van der Waals surface area contributed by atoms with Crippen LogP contribution in [0.4, 0.5) is 10.3 Å². The van der Waals surface area contributed by atoms with Crippen LogP contribution < -0.4 is 10.5 Å². The molecule has 5 nitrogen and oxygen atoms in total. The van der Waals surface area contributed by atoms with Crippen LogP contribution in [0.3, 0.4) is 0 Å². The van der Waals surface area contributed by atoms with Crippen LogP contribution in [0, 0.1) is 5.82 Å². The molecular weight excluding hydrogens is 259 g/mol. The molecule has 1 aliphatic rings. The number of hydrogen-bond donors (Lipinski definition) is 1. The van der Waals surface area contributed by atoms with Crippen molar-refractivity contribution in [3.8, 4) is 0 Å². The van der Waals surface area contributed by atoms with Crippen LogP contribution in [0.1, 0.15) is 24.1 Å². The molecule has 0 aliphatic carbocycles. The first-order valence-electron chi connectivity index (χ1n) is 6.67. The van der Waals surface area contributed by atoms with Gasteiger partial charge in [-0.3, -0.25) is 9.78 Å². The maximum atomic E-state index is 12.8. The van der Waals surface area contributed by atoms with Crippen molar-refractivity contribution in [2.45, 2.75) is 19.3 Å². The summed E-state index contributed by atoms with van der Waals surface area (Å²) in [4.78, 5) is 16.8. The molecule has 1 N–H and O–H groups in total. The largest absolute Gasteiger partial charge is 0.341 e. The van der Waals surface area contributed by atoms with E-state index >= 15 is 0 Å². The molecule has 2 aromatic rings. The van der Waals surface area contributed by atoms with Crippen molar-refractivity contribution in [1.82, 2.24) is 15.2 Å². The number of H-pyrrole nitrogens is 1. The Labute approximate surface area is 115 Å². The lowest BCUT2D eigenvalue weighted by Crippen LogP contribution is -2.26. The molecule has 1 fully saturated rings. The fourth-order valence-corrected chi connectivity index (χ4v) is 2.33. The van der Waals surface area contributed by atoms with E-state index in [1.165, 1.54) is 12.1 Å². The van der Waals surface area contributed by atoms with Crippen LogP contribution >= 0.6 is 0 Å². The first-order chi connectivity index (χ1) is 9.72. The Morgan fingerprint density at radius 1 is 1.15 bits per heavy atom. The molecule has 0 atom stereocenters. The Balaban J connectivity index is 1.80. The molecule has 1 saturated heterocycles. The van der Waals surface area contributed by atoms with Crippen LogP contribution in [-0.4, -0.2) is 28.3 Å². The summed E-state index contributed by atoms with van der Waals surface area (Å²) >= 11 is 0. The molecule has 0 bridgehead atoms. The quantitative estimate of drug-likeness (QED) is 0.921. The highest BCUT2D eigenvalue weighted by molar-refractivity contribution is 5.29. The molecule has 104 valence electrons. The van der Waals surface area contributed by atoms with E-state index in [1.807, 2.05) is 4.90 Å². The maximum Gasteiger partial charge on any atom is 0.274 e. The zero-order valence-corrected chi connectivity index (χ0v) is 11.0. The molecule has 20 heavy (non-hydrogen) atoms. The summed E-state index contributed by atoms with van der Waals surface area (Å²) in [5.41, 5.74) is 0.950. The predicted molar refractivity (Wildman–Crippen MR) is 73.3 cm³/mol. The fraction of sp³-hybridized carbons (Fsp3) is 0.357. The van der Waals surface area contributed by atoms with E-state index in [4.69, 9.17) is 0 Å². The van der Waals surface area contributed by atoms with E-state index in [9.17, 15) is 9.18 Å². The lowest BCUT2D eigenvalue weighted by Gasteiger charge is -2.14. The minimum Gasteiger partial charge on any atom is -0.341 e. The average Bonchev–Trinajstić information content (AvgIpc) is 2.97. The molecule has 1 aliphatic heterocycles. The van der Waals surface area contributed by atoms with Gasteiger partial charge in [0.15, 0.2) is 0 Å². The Bertz CT molecular complexity index is 647. The monoisotopic (exact) mass is 274 g/mol. The third-order valence-electron chi connectivity index (χ3n) is 3.44. The van der Waals surface area contributed by atoms with Gasteiger partial charge in [-0.25, -0.2) is 4.39 Å². The molecule has 0 spiro atoms. The number of aromatic nitrogens is 3. The van der Waals surface area contributed by atoms with Crippen LogP contribution in [0.25, 0.3) is 0 Å². The number of nitrogens with zero attached hydrogens (tertiary/aromatic N) is 3. The second-order valence-corrected chi connectivity index (χ2v) is 4.92. The summed E-state index contributed by atoms with van der Waals surface area (Å²) in [6.45, 7) is 1.81. The number of aromatic amines is 1. The summed E-state index contributed by atoms with van der Waals surface area (Å²) in [6.07, 6.45) is 2.57. The van der Waals surface area contributed by atoms with Crippen LogP contribution in [0.2, 0.25) is 0 Å². The van der Waals surface area contributed by atoms with E-state index in [0.29, 0.717) is 18.1 Å². The lowest BCUT2D eigenvalue weighted by atomic mass is 10.1. The summed E-state index contributed by atoms with van der Waals surface area (Å²) in [5.74, 6) is 0.244. The summed E-state index contributed by atoms with van der Waals surface area (Å²) in [5, 5.41) is 8.09. The number of benzene rings is 1. The lowest BCUT2D eigenvalue weighted by molar-refractivity contribution is 0.627. The molecule has 0 amide bonds. The Morgan fingerprint density at radius 3 is 2.50 bits per heavy atom. The first kappa shape index (κ1) is 12.8. The van der Waals surface area contributed by atoms with Crippen molar-refractivity contribution in [2.24, 2.45) is 0 Å². The minimum absolute atomic E-state index is 0.230. The third kappa shape index (κ3) is 2.68. The SMILES string of the molecule is O=c1[nH]c(N2CCCC2)nnc1Cc1ccc(F)cc1. The van der Waals surface area contributed by atoms with E-state index in [0.717, 1.165) is 31.5 Å². The highest BCUT2D eigenvalue weighted by Crippen LogP contribution is 2.13. The molecule has 0 saturated carbocycles. The second kappa shape index (κ2) is 5.40. The van der Waals surface area contributed by atoms with Gasteiger partial charge in [-0.1, -0.05) is 12.1 Å². The van der Waals surface area contributed by atoms with Gasteiger partial charge in [0.1, 0.15) is 11.5 Å². The van der Waals surface area contributed by atoms with Gasteiger partial charge in [0, 0.05) is 19.5 Å². The number of anilines is 1. The second-order valence-electron chi connectivity index (χ2n) is 4.92. The average molecular weight is 274 g/mol. The van der Waals surface area contributed by atoms with Gasteiger partial charge in [-0.2, -0.15) is 0 Å². The number of nitrogens with one attached hydrogen (secondary N) is 1. The number of rotatable bonds is 3. The first-order valence-corrected chi connectivity index (χ1v) is 6.67. The zero-order chi connectivity index (χ0) is 13.9. The van der Waals surface area contributed by atoms with Gasteiger partial charge in [-0.15, -0.1) is 10.2 Å². The number of halogens is 1. The fourth-order valence-electron chi connectivity index (χ4n) is 2.33. The van der Waals surface area contributed by atoms with E-state index in [2.05, 4.69) is 15.2 Å². The smallest absolute Gasteiger partial charge is 0.274 e. The van der Waals surface area contributed by atoms with Crippen molar-refractivity contribution < 1.29 is 4.39 Å². The zero-order valence-electron chi connectivity index (χ0n) is 11.0. The molecule has 0 radical (unpaired) electrons. The van der Waals surface area contributed by atoms with Crippen molar-refractivity contribution in [3.63, 3.8) is 0 Å². The molecular formula is C14H15FN4O. The molecule has 2 heterocycles. The Kier molecular flexibility index (Phi) is 3.45. The maximum absolute atomic E-state index is 12.8. The van der Waals surface area contributed by atoms with Crippen molar-refractivity contribution >= 4 is 5.95 Å². The molecule has 1 aromatic heterocycles. The Morgan fingerprint density at radius 2 is 1.85 bits per heavy atom. The Hall–Kier alpha value is -2.24. The molecule has 6 heteroatoms. The van der Waals surface area contributed by atoms with Gasteiger partial charge < -0.3 is 4.90 Å². The molecule has 0 unspecified atom stereocenters. The molecule has 1 aromatic carbocycles. The summed E-state index contributed by atoms with van der Waals surface area (Å²) < 4.78 is 12.8. The standard InChI is InChI=1S/C14H15FN4O/c15-11-5-3-10(4-6-11)9-12-13(20)16-14(18-17-12)19-7-1-2-8-19/h3-6H,1-2,7-9H2,(H,16,18,20). The molecule has 3 rings (SSSR count). The topological polar surface area (TPSA) is 61.9 Å².